The molecule has 1 aromatic heterocycles. The fourth-order valence-electron chi connectivity index (χ4n) is 2.32. The van der Waals surface area contributed by atoms with E-state index in [2.05, 4.69) is 15.4 Å². The van der Waals surface area contributed by atoms with Gasteiger partial charge in [0, 0.05) is 5.70 Å². The SMILES string of the molecule is CC1=C(C(=O)O)[C@H](c2ccc(F)cc2)n2ncnc2N1. The lowest BCUT2D eigenvalue weighted by Crippen LogP contribution is -2.28. The standard InChI is InChI=1S/C13H11FN4O2/c1-7-10(12(19)20)11(8-2-4-9(14)5-3-8)18-13(17-7)15-6-16-18/h2-6,11H,1H3,(H,19,20)(H,15,16,17)/t11-/m0/s1. The zero-order valence-electron chi connectivity index (χ0n) is 10.5. The molecule has 3 rings (SSSR count). The number of carboxylic acids is 1. The van der Waals surface area contributed by atoms with Crippen LogP contribution in [0.25, 0.3) is 0 Å². The molecule has 0 unspecified atom stereocenters. The Bertz CT molecular complexity index is 705. The Morgan fingerprint density at radius 3 is 2.75 bits per heavy atom. The fraction of sp³-hybridized carbons (Fsp3) is 0.154. The molecule has 0 bridgehead atoms. The van der Waals surface area contributed by atoms with E-state index in [0.717, 1.165) is 0 Å². The van der Waals surface area contributed by atoms with Crippen molar-refractivity contribution in [3.8, 4) is 0 Å². The molecule has 2 heterocycles. The molecule has 1 aliphatic rings. The molecule has 2 aromatic rings. The smallest absolute Gasteiger partial charge is 0.335 e. The summed E-state index contributed by atoms with van der Waals surface area (Å²) >= 11 is 0. The van der Waals surface area contributed by atoms with Gasteiger partial charge in [0.05, 0.1) is 5.57 Å². The lowest BCUT2D eigenvalue weighted by atomic mass is 9.96. The van der Waals surface area contributed by atoms with Crippen molar-refractivity contribution in [3.05, 3.63) is 53.2 Å². The van der Waals surface area contributed by atoms with Crippen LogP contribution in [-0.2, 0) is 4.79 Å². The number of rotatable bonds is 2. The number of nitrogens with one attached hydrogen (secondary N) is 1. The molecule has 102 valence electrons. The number of carbonyl (C=O) groups is 1. The normalized spacial score (nSPS) is 17.6. The number of aromatic nitrogens is 3. The summed E-state index contributed by atoms with van der Waals surface area (Å²) in [6.45, 7) is 1.66. The second kappa shape index (κ2) is 4.44. The van der Waals surface area contributed by atoms with E-state index in [4.69, 9.17) is 0 Å². The summed E-state index contributed by atoms with van der Waals surface area (Å²) in [5.41, 5.74) is 1.29. The van der Waals surface area contributed by atoms with Crippen molar-refractivity contribution in [3.63, 3.8) is 0 Å². The van der Waals surface area contributed by atoms with Gasteiger partial charge in [0.1, 0.15) is 18.2 Å². The van der Waals surface area contributed by atoms with Gasteiger partial charge in [0.25, 0.3) is 0 Å². The number of benzene rings is 1. The summed E-state index contributed by atoms with van der Waals surface area (Å²) in [7, 11) is 0. The van der Waals surface area contributed by atoms with Crippen molar-refractivity contribution in [1.82, 2.24) is 14.8 Å². The lowest BCUT2D eigenvalue weighted by molar-refractivity contribution is -0.133. The molecule has 0 aliphatic carbocycles. The third-order valence-corrected chi connectivity index (χ3v) is 3.21. The first kappa shape index (κ1) is 12.3. The second-order valence-corrected chi connectivity index (χ2v) is 4.45. The van der Waals surface area contributed by atoms with Crippen LogP contribution in [-0.4, -0.2) is 25.8 Å². The van der Waals surface area contributed by atoms with Crippen LogP contribution in [0.4, 0.5) is 10.3 Å². The average molecular weight is 274 g/mol. The van der Waals surface area contributed by atoms with Gasteiger partial charge in [0.2, 0.25) is 5.95 Å². The van der Waals surface area contributed by atoms with Gasteiger partial charge in [-0.2, -0.15) is 10.1 Å². The zero-order valence-corrected chi connectivity index (χ0v) is 10.5. The average Bonchev–Trinajstić information content (AvgIpc) is 2.85. The highest BCUT2D eigenvalue weighted by Crippen LogP contribution is 2.34. The minimum Gasteiger partial charge on any atom is -0.478 e. The summed E-state index contributed by atoms with van der Waals surface area (Å²) < 4.78 is 14.5. The molecule has 1 atom stereocenters. The van der Waals surface area contributed by atoms with Crippen LogP contribution in [0.3, 0.4) is 0 Å². The summed E-state index contributed by atoms with van der Waals surface area (Å²) in [5.74, 6) is -0.966. The van der Waals surface area contributed by atoms with E-state index in [-0.39, 0.29) is 11.4 Å². The van der Waals surface area contributed by atoms with Gasteiger partial charge in [0.15, 0.2) is 0 Å². The van der Waals surface area contributed by atoms with E-state index in [9.17, 15) is 14.3 Å². The molecule has 20 heavy (non-hydrogen) atoms. The molecule has 1 aromatic carbocycles. The van der Waals surface area contributed by atoms with Crippen LogP contribution < -0.4 is 5.32 Å². The minimum atomic E-state index is -1.05. The molecular formula is C13H11FN4O2. The van der Waals surface area contributed by atoms with E-state index in [1.807, 2.05) is 0 Å². The zero-order chi connectivity index (χ0) is 14.3. The first-order valence-electron chi connectivity index (χ1n) is 5.94. The van der Waals surface area contributed by atoms with Crippen molar-refractivity contribution in [2.24, 2.45) is 0 Å². The molecule has 0 fully saturated rings. The molecule has 0 radical (unpaired) electrons. The summed E-state index contributed by atoms with van der Waals surface area (Å²) in [6, 6.07) is 5.05. The predicted molar refractivity (Wildman–Crippen MR) is 68.5 cm³/mol. The fourth-order valence-corrected chi connectivity index (χ4v) is 2.32. The maximum atomic E-state index is 13.0. The van der Waals surface area contributed by atoms with Gasteiger partial charge in [-0.25, -0.2) is 13.9 Å². The van der Waals surface area contributed by atoms with E-state index in [1.54, 1.807) is 19.1 Å². The third kappa shape index (κ3) is 1.83. The van der Waals surface area contributed by atoms with Gasteiger partial charge in [-0.05, 0) is 24.6 Å². The number of fused-ring (bicyclic) bond motifs is 1. The van der Waals surface area contributed by atoms with Gasteiger partial charge < -0.3 is 10.4 Å². The van der Waals surface area contributed by atoms with Crippen LogP contribution >= 0.6 is 0 Å². The van der Waals surface area contributed by atoms with Gasteiger partial charge in [-0.1, -0.05) is 12.1 Å². The maximum Gasteiger partial charge on any atom is 0.335 e. The van der Waals surface area contributed by atoms with E-state index < -0.39 is 12.0 Å². The molecular weight excluding hydrogens is 263 g/mol. The number of anilines is 1. The van der Waals surface area contributed by atoms with Crippen LogP contribution in [0, 0.1) is 5.82 Å². The quantitative estimate of drug-likeness (QED) is 0.872. The van der Waals surface area contributed by atoms with Gasteiger partial charge >= 0.3 is 5.97 Å². The number of aliphatic carboxylic acids is 1. The second-order valence-electron chi connectivity index (χ2n) is 4.45. The largest absolute Gasteiger partial charge is 0.478 e. The van der Waals surface area contributed by atoms with Gasteiger partial charge in [-0.15, -0.1) is 0 Å². The number of carboxylic acid groups (broad SMARTS) is 1. The van der Waals surface area contributed by atoms with Crippen molar-refractivity contribution >= 4 is 11.9 Å². The molecule has 0 saturated carbocycles. The van der Waals surface area contributed by atoms with Crippen molar-refractivity contribution in [2.45, 2.75) is 13.0 Å². The topological polar surface area (TPSA) is 80.0 Å². The number of allylic oxidation sites excluding steroid dienone is 1. The monoisotopic (exact) mass is 274 g/mol. The highest BCUT2D eigenvalue weighted by atomic mass is 19.1. The highest BCUT2D eigenvalue weighted by Gasteiger charge is 2.33. The highest BCUT2D eigenvalue weighted by molar-refractivity contribution is 5.90. The third-order valence-electron chi connectivity index (χ3n) is 3.21. The predicted octanol–water partition coefficient (Wildman–Crippen LogP) is 1.79. The summed E-state index contributed by atoms with van der Waals surface area (Å²) in [5, 5.41) is 16.4. The first-order valence-corrected chi connectivity index (χ1v) is 5.94. The Hall–Kier alpha value is -2.70. The van der Waals surface area contributed by atoms with Crippen LogP contribution in [0.5, 0.6) is 0 Å². The molecule has 2 N–H and O–H groups in total. The lowest BCUT2D eigenvalue weighted by Gasteiger charge is -2.27. The van der Waals surface area contributed by atoms with E-state index in [1.165, 1.54) is 23.1 Å². The Morgan fingerprint density at radius 1 is 1.40 bits per heavy atom. The molecule has 0 saturated heterocycles. The van der Waals surface area contributed by atoms with Crippen LogP contribution in [0.1, 0.15) is 18.5 Å². The Labute approximate surface area is 113 Å². The first-order chi connectivity index (χ1) is 9.58. The Kier molecular flexibility index (Phi) is 2.74. The Morgan fingerprint density at radius 2 is 2.10 bits per heavy atom. The number of halogens is 1. The van der Waals surface area contributed by atoms with Crippen LogP contribution in [0.15, 0.2) is 41.9 Å². The molecule has 7 heteroatoms. The maximum absolute atomic E-state index is 13.0. The molecule has 0 spiro atoms. The number of hydrogen-bond donors (Lipinski definition) is 2. The summed E-state index contributed by atoms with van der Waals surface area (Å²) in [6.07, 6.45) is 1.34. The molecule has 1 aliphatic heterocycles. The number of hydrogen-bond acceptors (Lipinski definition) is 4. The van der Waals surface area contributed by atoms with Crippen LogP contribution in [0.2, 0.25) is 0 Å². The minimum absolute atomic E-state index is 0.162. The van der Waals surface area contributed by atoms with E-state index >= 15 is 0 Å². The molecule has 0 amide bonds. The van der Waals surface area contributed by atoms with Crippen molar-refractivity contribution in [1.29, 1.82) is 0 Å². The number of nitrogens with zero attached hydrogens (tertiary/aromatic N) is 3. The summed E-state index contributed by atoms with van der Waals surface area (Å²) in [4.78, 5) is 15.5. The van der Waals surface area contributed by atoms with Gasteiger partial charge in [-0.3, -0.25) is 0 Å². The van der Waals surface area contributed by atoms with E-state index in [0.29, 0.717) is 17.2 Å². The Balaban J connectivity index is 2.19. The van der Waals surface area contributed by atoms with Crippen molar-refractivity contribution < 1.29 is 14.3 Å². The van der Waals surface area contributed by atoms with Crippen molar-refractivity contribution in [2.75, 3.05) is 5.32 Å². The molecule has 6 nitrogen and oxygen atoms in total.